The van der Waals surface area contributed by atoms with Gasteiger partial charge in [0.25, 0.3) is 0 Å². The molecule has 3 fully saturated rings. The zero-order chi connectivity index (χ0) is 13.7. The summed E-state index contributed by atoms with van der Waals surface area (Å²) in [4.78, 5) is 14.7. The van der Waals surface area contributed by atoms with Crippen LogP contribution in [0.25, 0.3) is 0 Å². The predicted molar refractivity (Wildman–Crippen MR) is 76.2 cm³/mol. The van der Waals surface area contributed by atoms with Crippen molar-refractivity contribution in [2.75, 3.05) is 0 Å². The van der Waals surface area contributed by atoms with E-state index in [1.807, 2.05) is 6.20 Å². The highest BCUT2D eigenvalue weighted by atomic mass is 16.2. The monoisotopic (exact) mass is 273 g/mol. The van der Waals surface area contributed by atoms with E-state index in [4.69, 9.17) is 0 Å². The average molecular weight is 273 g/mol. The topological polar surface area (TPSA) is 38.1 Å². The number of nitrogens with zero attached hydrogens (tertiary/aromatic N) is 3. The lowest BCUT2D eigenvalue weighted by atomic mass is 9.96. The van der Waals surface area contributed by atoms with Gasteiger partial charge in [-0.3, -0.25) is 9.48 Å². The Labute approximate surface area is 120 Å². The molecule has 2 unspecified atom stereocenters. The molecule has 0 radical (unpaired) electrons. The zero-order valence-corrected chi connectivity index (χ0v) is 12.2. The van der Waals surface area contributed by atoms with E-state index in [-0.39, 0.29) is 0 Å². The maximum Gasteiger partial charge on any atom is 0.223 e. The molecular weight excluding hydrogens is 250 g/mol. The molecule has 0 spiro atoms. The average Bonchev–Trinajstić information content (AvgIpc) is 3.06. The third-order valence-electron chi connectivity index (χ3n) is 5.26. The number of carbonyl (C=O) groups excluding carboxylic acids is 1. The number of hydrogen-bond acceptors (Lipinski definition) is 2. The van der Waals surface area contributed by atoms with Gasteiger partial charge in [-0.1, -0.05) is 0 Å². The Hall–Kier alpha value is -1.32. The normalized spacial score (nSPS) is 32.6. The van der Waals surface area contributed by atoms with Crippen LogP contribution >= 0.6 is 0 Å². The fraction of sp³-hybridized carbons (Fsp3) is 0.750. The zero-order valence-electron chi connectivity index (χ0n) is 12.2. The van der Waals surface area contributed by atoms with Gasteiger partial charge in [0.05, 0.1) is 12.2 Å². The molecule has 2 saturated heterocycles. The molecule has 2 aliphatic heterocycles. The third-order valence-corrected chi connectivity index (χ3v) is 5.26. The summed E-state index contributed by atoms with van der Waals surface area (Å²) < 4.78 is 2.13. The van der Waals surface area contributed by atoms with E-state index in [1.54, 1.807) is 0 Å². The molecule has 1 saturated carbocycles. The van der Waals surface area contributed by atoms with E-state index >= 15 is 0 Å². The van der Waals surface area contributed by atoms with Gasteiger partial charge in [0.1, 0.15) is 0 Å². The molecule has 3 aliphatic rings. The van der Waals surface area contributed by atoms with E-state index in [0.717, 1.165) is 19.3 Å². The van der Waals surface area contributed by atoms with Gasteiger partial charge in [0, 0.05) is 24.7 Å². The van der Waals surface area contributed by atoms with Crippen molar-refractivity contribution in [3.05, 3.63) is 18.0 Å². The number of hydrogen-bond donors (Lipinski definition) is 0. The van der Waals surface area contributed by atoms with E-state index in [0.29, 0.717) is 30.0 Å². The standard InChI is InChI=1S/C16H23N3O/c1-11-9-17-18(10-11)15-7-13-4-5-14(8-15)19(13)16(20)6-12-2-3-12/h9-10,12-15H,2-8H2,1H3. The number of aromatic nitrogens is 2. The van der Waals surface area contributed by atoms with Gasteiger partial charge >= 0.3 is 0 Å². The van der Waals surface area contributed by atoms with Gasteiger partial charge in [-0.25, -0.2) is 0 Å². The summed E-state index contributed by atoms with van der Waals surface area (Å²) in [5.41, 5.74) is 1.23. The number of rotatable bonds is 3. The van der Waals surface area contributed by atoms with E-state index in [9.17, 15) is 4.79 Å². The minimum absolute atomic E-state index is 0.426. The number of fused-ring (bicyclic) bond motifs is 2. The van der Waals surface area contributed by atoms with Crippen molar-refractivity contribution < 1.29 is 4.79 Å². The molecule has 1 aliphatic carbocycles. The Bertz CT molecular complexity index is 506. The Balaban J connectivity index is 1.47. The summed E-state index contributed by atoms with van der Waals surface area (Å²) >= 11 is 0. The van der Waals surface area contributed by atoms with Crippen molar-refractivity contribution in [1.82, 2.24) is 14.7 Å². The lowest BCUT2D eigenvalue weighted by molar-refractivity contribution is -0.136. The Morgan fingerprint density at radius 1 is 1.20 bits per heavy atom. The SMILES string of the molecule is Cc1cnn(C2CC3CCC(C2)N3C(=O)CC2CC2)c1. The summed E-state index contributed by atoms with van der Waals surface area (Å²) in [6, 6.07) is 1.43. The third kappa shape index (κ3) is 2.15. The summed E-state index contributed by atoms with van der Waals surface area (Å²) in [6.07, 6.45) is 12.0. The predicted octanol–water partition coefficient (Wildman–Crippen LogP) is 2.69. The highest BCUT2D eigenvalue weighted by molar-refractivity contribution is 5.78. The lowest BCUT2D eigenvalue weighted by Crippen LogP contribution is -2.47. The van der Waals surface area contributed by atoms with Crippen LogP contribution in [-0.2, 0) is 4.79 Å². The van der Waals surface area contributed by atoms with Crippen LogP contribution in [0.2, 0.25) is 0 Å². The first-order valence-corrected chi connectivity index (χ1v) is 8.02. The molecule has 108 valence electrons. The molecule has 2 bridgehead atoms. The first kappa shape index (κ1) is 12.4. The number of carbonyl (C=O) groups is 1. The Morgan fingerprint density at radius 3 is 2.45 bits per heavy atom. The minimum Gasteiger partial charge on any atom is -0.337 e. The van der Waals surface area contributed by atoms with Crippen LogP contribution in [0.3, 0.4) is 0 Å². The highest BCUT2D eigenvalue weighted by Crippen LogP contribution is 2.42. The van der Waals surface area contributed by atoms with Crippen LogP contribution < -0.4 is 0 Å². The second-order valence-electron chi connectivity index (χ2n) is 6.96. The molecule has 1 amide bonds. The van der Waals surface area contributed by atoms with E-state index in [1.165, 1.54) is 31.2 Å². The van der Waals surface area contributed by atoms with Crippen molar-refractivity contribution in [2.45, 2.75) is 70.0 Å². The van der Waals surface area contributed by atoms with Gasteiger partial charge < -0.3 is 4.90 Å². The Kier molecular flexibility index (Phi) is 2.86. The fourth-order valence-electron chi connectivity index (χ4n) is 4.08. The van der Waals surface area contributed by atoms with Crippen LogP contribution in [0.15, 0.2) is 12.4 Å². The van der Waals surface area contributed by atoms with Gasteiger partial charge in [-0.2, -0.15) is 5.10 Å². The molecule has 4 nitrogen and oxygen atoms in total. The second kappa shape index (κ2) is 4.61. The smallest absolute Gasteiger partial charge is 0.223 e. The van der Waals surface area contributed by atoms with Gasteiger partial charge in [0.15, 0.2) is 0 Å². The van der Waals surface area contributed by atoms with Crippen LogP contribution in [0.4, 0.5) is 0 Å². The summed E-state index contributed by atoms with van der Waals surface area (Å²) in [5, 5.41) is 4.48. The molecule has 4 heteroatoms. The maximum atomic E-state index is 12.5. The van der Waals surface area contributed by atoms with Crippen LogP contribution in [0.5, 0.6) is 0 Å². The number of piperidine rings is 1. The minimum atomic E-state index is 0.426. The van der Waals surface area contributed by atoms with Gasteiger partial charge in [-0.15, -0.1) is 0 Å². The Morgan fingerprint density at radius 2 is 1.90 bits per heavy atom. The largest absolute Gasteiger partial charge is 0.337 e. The molecule has 1 aromatic heterocycles. The van der Waals surface area contributed by atoms with Crippen molar-refractivity contribution >= 4 is 5.91 Å². The quantitative estimate of drug-likeness (QED) is 0.849. The number of aryl methyl sites for hydroxylation is 1. The molecular formula is C16H23N3O. The molecule has 20 heavy (non-hydrogen) atoms. The highest BCUT2D eigenvalue weighted by Gasteiger charge is 2.44. The molecule has 0 N–H and O–H groups in total. The van der Waals surface area contributed by atoms with Crippen LogP contribution in [0, 0.1) is 12.8 Å². The van der Waals surface area contributed by atoms with Crippen LogP contribution in [0.1, 0.15) is 56.6 Å². The van der Waals surface area contributed by atoms with Crippen molar-refractivity contribution in [3.8, 4) is 0 Å². The lowest BCUT2D eigenvalue weighted by Gasteiger charge is -2.39. The molecule has 1 aromatic rings. The molecule has 4 rings (SSSR count). The summed E-state index contributed by atoms with van der Waals surface area (Å²) in [7, 11) is 0. The molecule has 0 aromatic carbocycles. The molecule has 2 atom stereocenters. The van der Waals surface area contributed by atoms with E-state index in [2.05, 4.69) is 27.8 Å². The fourth-order valence-corrected chi connectivity index (χ4v) is 4.08. The maximum absolute atomic E-state index is 12.5. The first-order chi connectivity index (χ1) is 9.70. The summed E-state index contributed by atoms with van der Waals surface area (Å²) in [5.74, 6) is 1.13. The van der Waals surface area contributed by atoms with Crippen molar-refractivity contribution in [3.63, 3.8) is 0 Å². The van der Waals surface area contributed by atoms with E-state index < -0.39 is 0 Å². The first-order valence-electron chi connectivity index (χ1n) is 8.02. The second-order valence-corrected chi connectivity index (χ2v) is 6.96. The van der Waals surface area contributed by atoms with Crippen molar-refractivity contribution in [1.29, 1.82) is 0 Å². The van der Waals surface area contributed by atoms with Crippen molar-refractivity contribution in [2.24, 2.45) is 5.92 Å². The number of amides is 1. The van der Waals surface area contributed by atoms with Gasteiger partial charge in [0.2, 0.25) is 5.91 Å². The summed E-state index contributed by atoms with van der Waals surface area (Å²) in [6.45, 7) is 2.09. The molecule has 3 heterocycles. The van der Waals surface area contributed by atoms with Gasteiger partial charge in [-0.05, 0) is 56.9 Å². The van der Waals surface area contributed by atoms with Crippen LogP contribution in [-0.4, -0.2) is 32.7 Å².